The van der Waals surface area contributed by atoms with Crippen molar-refractivity contribution in [1.82, 2.24) is 0 Å². The molecule has 4 unspecified atom stereocenters. The first-order valence-electron chi connectivity index (χ1n) is 10.6. The molecule has 2 aromatic rings. The van der Waals surface area contributed by atoms with E-state index in [1.54, 1.807) is 30.3 Å². The molecule has 5 rings (SSSR count). The predicted octanol–water partition coefficient (Wildman–Crippen LogP) is 2.85. The van der Waals surface area contributed by atoms with Gasteiger partial charge in [0.2, 0.25) is 0 Å². The van der Waals surface area contributed by atoms with Gasteiger partial charge in [-0.25, -0.2) is 0 Å². The van der Waals surface area contributed by atoms with Crippen LogP contribution in [0.2, 0.25) is 0 Å². The summed E-state index contributed by atoms with van der Waals surface area (Å²) in [5.74, 6) is -1.33. The molecule has 8 heteroatoms. The van der Waals surface area contributed by atoms with Crippen molar-refractivity contribution in [1.29, 1.82) is 5.26 Å². The summed E-state index contributed by atoms with van der Waals surface area (Å²) in [6.45, 7) is 1.70. The number of benzene rings is 2. The predicted molar refractivity (Wildman–Crippen MR) is 112 cm³/mol. The summed E-state index contributed by atoms with van der Waals surface area (Å²) in [6, 6.07) is 12.6. The van der Waals surface area contributed by atoms with E-state index < -0.39 is 34.8 Å². The zero-order valence-electron chi connectivity index (χ0n) is 17.2. The summed E-state index contributed by atoms with van der Waals surface area (Å²) in [5.41, 5.74) is 7.48. The maximum Gasteiger partial charge on any atom is 0.258 e. The third-order valence-corrected chi connectivity index (χ3v) is 7.72. The highest BCUT2D eigenvalue weighted by Gasteiger charge is 2.82. The third kappa shape index (κ3) is 2.16. The second kappa shape index (κ2) is 6.57. The van der Waals surface area contributed by atoms with Crippen molar-refractivity contribution in [2.45, 2.75) is 55.6 Å². The first-order valence-corrected chi connectivity index (χ1v) is 10.6. The van der Waals surface area contributed by atoms with E-state index in [-0.39, 0.29) is 13.0 Å². The quantitative estimate of drug-likeness (QED) is 0.720. The molecule has 0 aromatic heterocycles. The Morgan fingerprint density at radius 1 is 1.29 bits per heavy atom. The molecule has 3 saturated heterocycles. The summed E-state index contributed by atoms with van der Waals surface area (Å²) >= 11 is 0. The number of aliphatic hydroxyl groups excluding tert-OH is 2. The lowest BCUT2D eigenvalue weighted by Gasteiger charge is -2.42. The van der Waals surface area contributed by atoms with Crippen LogP contribution in [-0.4, -0.2) is 45.7 Å². The number of carbonyl (C=O) groups excluding carboxylic acids is 1. The highest BCUT2D eigenvalue weighted by Crippen LogP contribution is 2.68. The highest BCUT2D eigenvalue weighted by molar-refractivity contribution is 6.11. The van der Waals surface area contributed by atoms with Gasteiger partial charge in [-0.2, -0.15) is 5.26 Å². The Balaban J connectivity index is 1.74. The van der Waals surface area contributed by atoms with Crippen molar-refractivity contribution < 1.29 is 19.7 Å². The number of carbonyl (C=O) groups is 1. The van der Waals surface area contributed by atoms with E-state index in [1.165, 1.54) is 4.90 Å². The van der Waals surface area contributed by atoms with E-state index in [2.05, 4.69) is 11.2 Å². The Hall–Kier alpha value is -2.86. The van der Waals surface area contributed by atoms with Gasteiger partial charge in [0.1, 0.15) is 11.8 Å². The zero-order chi connectivity index (χ0) is 22.0. The third-order valence-electron chi connectivity index (χ3n) is 7.72. The second-order valence-corrected chi connectivity index (χ2v) is 8.71. The zero-order valence-corrected chi connectivity index (χ0v) is 17.2. The van der Waals surface area contributed by atoms with Gasteiger partial charge in [0.05, 0.1) is 28.8 Å². The molecule has 8 nitrogen and oxygen atoms in total. The van der Waals surface area contributed by atoms with Crippen molar-refractivity contribution in [2.75, 3.05) is 11.5 Å². The average Bonchev–Trinajstić information content (AvgIpc) is 3.37. The maximum absolute atomic E-state index is 14.0. The molecule has 0 saturated carbocycles. The Kier molecular flexibility index (Phi) is 4.25. The maximum atomic E-state index is 14.0. The van der Waals surface area contributed by atoms with Gasteiger partial charge in [-0.05, 0) is 31.4 Å². The fraction of sp³-hybridized carbons (Fsp3) is 0.478. The molecule has 3 heterocycles. The molecule has 31 heavy (non-hydrogen) atoms. The second-order valence-electron chi connectivity index (χ2n) is 8.71. The average molecular weight is 419 g/mol. The number of fused-ring (bicyclic) bond motifs is 6. The fourth-order valence-corrected chi connectivity index (χ4v) is 6.38. The highest BCUT2D eigenvalue weighted by atomic mass is 16.5. The van der Waals surface area contributed by atoms with Crippen molar-refractivity contribution in [3.8, 4) is 6.07 Å². The molecular weight excluding hydrogens is 396 g/mol. The summed E-state index contributed by atoms with van der Waals surface area (Å²) in [5, 5.41) is 35.7. The number of ether oxygens (including phenoxy) is 1. The number of hydrogen-bond donors (Lipinski definition) is 2. The van der Waals surface area contributed by atoms with Gasteiger partial charge in [-0.15, -0.1) is 0 Å². The van der Waals surface area contributed by atoms with Crippen molar-refractivity contribution in [3.05, 3.63) is 47.5 Å². The molecule has 3 fully saturated rings. The first kappa shape index (κ1) is 20.1. The Bertz CT molecular complexity index is 1150. The van der Waals surface area contributed by atoms with Crippen LogP contribution < -0.4 is 4.90 Å². The molecule has 1 amide bonds. The molecular formula is C23H23N4O4-. The van der Waals surface area contributed by atoms with Gasteiger partial charge in [-0.3, -0.25) is 9.69 Å². The first-order chi connectivity index (χ1) is 14.9. The molecule has 5 atom stereocenters. The lowest BCUT2D eigenvalue weighted by molar-refractivity contribution is -0.132. The summed E-state index contributed by atoms with van der Waals surface area (Å²) in [7, 11) is 0. The molecule has 2 aromatic carbocycles. The van der Waals surface area contributed by atoms with E-state index in [9.17, 15) is 25.8 Å². The molecule has 3 aliphatic rings. The van der Waals surface area contributed by atoms with E-state index in [0.29, 0.717) is 41.3 Å². The summed E-state index contributed by atoms with van der Waals surface area (Å²) in [4.78, 5) is 15.3. The number of nitriles is 1. The van der Waals surface area contributed by atoms with Crippen LogP contribution in [-0.2, 0) is 9.53 Å². The van der Waals surface area contributed by atoms with Gasteiger partial charge in [0.25, 0.3) is 5.91 Å². The van der Waals surface area contributed by atoms with Crippen molar-refractivity contribution >= 4 is 22.4 Å². The van der Waals surface area contributed by atoms with Gasteiger partial charge < -0.3 is 25.6 Å². The molecule has 160 valence electrons. The minimum atomic E-state index is -1.70. The van der Waals surface area contributed by atoms with Crippen molar-refractivity contribution in [2.24, 2.45) is 11.0 Å². The van der Waals surface area contributed by atoms with Crippen LogP contribution in [0.4, 0.5) is 5.69 Å². The molecule has 2 bridgehead atoms. The number of rotatable bonds is 5. The molecule has 0 spiro atoms. The number of nitrogens with zero attached hydrogens (tertiary/aromatic N) is 4. The smallest absolute Gasteiger partial charge is 0.258 e. The minimum Gasteiger partial charge on any atom is -0.711 e. The van der Waals surface area contributed by atoms with Crippen LogP contribution in [0.15, 0.2) is 41.5 Å². The molecule has 2 N–H and O–H groups in total. The van der Waals surface area contributed by atoms with Crippen LogP contribution in [0.25, 0.3) is 16.3 Å². The SMILES string of the molecule is CCC12CCC(CCO)(O1)[C@]1(N=[N-])C(=O)N(c3ccc(C#N)c4ccccc34)C(O)C21. The normalized spacial score (nSPS) is 36.1. The molecule has 0 aliphatic carbocycles. The summed E-state index contributed by atoms with van der Waals surface area (Å²) in [6.07, 6.45) is 0.463. The summed E-state index contributed by atoms with van der Waals surface area (Å²) < 4.78 is 6.38. The molecule has 3 aliphatic heterocycles. The van der Waals surface area contributed by atoms with Crippen molar-refractivity contribution in [3.63, 3.8) is 0 Å². The van der Waals surface area contributed by atoms with E-state index >= 15 is 0 Å². The van der Waals surface area contributed by atoms with Crippen LogP contribution in [0, 0.1) is 17.2 Å². The van der Waals surface area contributed by atoms with Gasteiger partial charge >= 0.3 is 0 Å². The fourth-order valence-electron chi connectivity index (χ4n) is 6.38. The minimum absolute atomic E-state index is 0.135. The lowest BCUT2D eigenvalue weighted by atomic mass is 9.61. The van der Waals surface area contributed by atoms with Crippen LogP contribution in [0.3, 0.4) is 0 Å². The van der Waals surface area contributed by atoms with Gasteiger partial charge in [0.15, 0.2) is 5.54 Å². The van der Waals surface area contributed by atoms with E-state index in [0.717, 1.165) is 0 Å². The van der Waals surface area contributed by atoms with Crippen LogP contribution >= 0.6 is 0 Å². The number of hydrogen-bond acceptors (Lipinski definition) is 6. The topological polar surface area (TPSA) is 128 Å². The standard InChI is InChI=1S/C23H23N4O4/c1-2-21-9-10-22(31-21,11-12-28)23(26-25)18(21)19(29)27(20(23)30)17-8-7-14(13-24)15-5-3-4-6-16(15)17/h3-8,18-19,28-29H,2,9-12H2,1H3/q-1/t18?,19?,21?,22?,23-/m1/s1. The largest absolute Gasteiger partial charge is 0.711 e. The number of anilines is 1. The molecule has 0 radical (unpaired) electrons. The van der Waals surface area contributed by atoms with Gasteiger partial charge in [-0.1, -0.05) is 31.2 Å². The number of aliphatic hydroxyl groups is 2. The Labute approximate surface area is 179 Å². The lowest BCUT2D eigenvalue weighted by Crippen LogP contribution is -2.59. The monoisotopic (exact) mass is 419 g/mol. The Morgan fingerprint density at radius 3 is 2.68 bits per heavy atom. The van der Waals surface area contributed by atoms with E-state index in [1.807, 2.05) is 13.0 Å². The van der Waals surface area contributed by atoms with Gasteiger partial charge in [0, 0.05) is 23.8 Å². The van der Waals surface area contributed by atoms with E-state index in [4.69, 9.17) is 4.74 Å². The van der Waals surface area contributed by atoms with Crippen LogP contribution in [0.1, 0.15) is 38.2 Å². The Morgan fingerprint density at radius 2 is 2.03 bits per heavy atom. The number of amides is 1. The van der Waals surface area contributed by atoms with Crippen LogP contribution in [0.5, 0.6) is 0 Å².